The number of aliphatic hydroxyl groups excluding tert-OH is 1. The second-order valence-electron chi connectivity index (χ2n) is 12.4. The van der Waals surface area contributed by atoms with E-state index in [1.807, 2.05) is 38.3 Å². The van der Waals surface area contributed by atoms with Gasteiger partial charge in [-0.05, 0) is 74.1 Å². The summed E-state index contributed by atoms with van der Waals surface area (Å²) in [4.78, 5) is 17.6. The molecule has 5 atom stereocenters. The molecule has 0 radical (unpaired) electrons. The predicted octanol–water partition coefficient (Wildman–Crippen LogP) is 4.15. The third-order valence-corrected chi connectivity index (χ3v) is 10.9. The number of amides is 1. The Balaban J connectivity index is 1.32. The van der Waals surface area contributed by atoms with Crippen molar-refractivity contribution in [2.75, 3.05) is 26.3 Å². The largest absolute Gasteiger partial charge is 0.508 e. The van der Waals surface area contributed by atoms with Crippen molar-refractivity contribution in [3.05, 3.63) is 69.7 Å². The number of rotatable bonds is 14. The summed E-state index contributed by atoms with van der Waals surface area (Å²) < 4.78 is 51.5. The number of nitrogens with zero attached hydrogens (tertiary/aromatic N) is 2. The third-order valence-electron chi connectivity index (χ3n) is 8.21. The maximum absolute atomic E-state index is 13.8. The molecule has 0 unspecified atom stereocenters. The molecule has 2 aliphatic heterocycles. The van der Waals surface area contributed by atoms with E-state index in [2.05, 4.69) is 10.3 Å². The van der Waals surface area contributed by atoms with Crippen molar-refractivity contribution in [3.63, 3.8) is 0 Å². The number of hydrogen-bond acceptors (Lipinski definition) is 11. The van der Waals surface area contributed by atoms with Crippen molar-refractivity contribution >= 4 is 27.5 Å². The van der Waals surface area contributed by atoms with E-state index in [1.54, 1.807) is 30.4 Å². The average molecular weight is 690 g/mol. The summed E-state index contributed by atoms with van der Waals surface area (Å²) in [6.07, 6.45) is -2.03. The fraction of sp³-hybridized carbons (Fsp3) is 0.515. The highest BCUT2D eigenvalue weighted by molar-refractivity contribution is 7.89. The molecule has 0 aliphatic carbocycles. The number of aromatic nitrogens is 1. The van der Waals surface area contributed by atoms with Gasteiger partial charge in [-0.25, -0.2) is 18.2 Å². The van der Waals surface area contributed by atoms with Gasteiger partial charge in [0, 0.05) is 18.5 Å². The number of fused-ring (bicyclic) bond motifs is 1. The summed E-state index contributed by atoms with van der Waals surface area (Å²) in [7, 11) is -4.06. The SMILES string of the molecule is Cc1nc(COc2ccc(C[C@H](NC(=O)O[C@H]3CO[C@H]4OCC[C@H]43)[C@H](O)CN(CC(C)C)S(=O)(=O)c3ccc(O)c(C)c3)cc2)cs1. The Bertz CT molecular complexity index is 1610. The molecule has 2 aromatic carbocycles. The van der Waals surface area contributed by atoms with E-state index < -0.39 is 40.7 Å². The lowest BCUT2D eigenvalue weighted by Gasteiger charge is -2.31. The van der Waals surface area contributed by atoms with Gasteiger partial charge in [-0.15, -0.1) is 11.3 Å². The lowest BCUT2D eigenvalue weighted by molar-refractivity contribution is -0.0907. The summed E-state index contributed by atoms with van der Waals surface area (Å²) in [5, 5.41) is 27.3. The minimum Gasteiger partial charge on any atom is -0.508 e. The lowest BCUT2D eigenvalue weighted by atomic mass is 10.0. The second-order valence-corrected chi connectivity index (χ2v) is 15.4. The first-order valence-electron chi connectivity index (χ1n) is 15.7. The van der Waals surface area contributed by atoms with Crippen LogP contribution >= 0.6 is 11.3 Å². The molecule has 256 valence electrons. The lowest BCUT2D eigenvalue weighted by Crippen LogP contribution is -2.51. The van der Waals surface area contributed by atoms with Gasteiger partial charge in [-0.3, -0.25) is 0 Å². The molecule has 14 heteroatoms. The molecule has 3 N–H and O–H groups in total. The van der Waals surface area contributed by atoms with Gasteiger partial charge in [0.1, 0.15) is 24.2 Å². The first-order chi connectivity index (χ1) is 22.4. The Kier molecular flexibility index (Phi) is 11.4. The average Bonchev–Trinajstić information content (AvgIpc) is 3.76. The molecule has 1 aromatic heterocycles. The third kappa shape index (κ3) is 9.00. The number of carbonyl (C=O) groups excluding carboxylic acids is 1. The highest BCUT2D eigenvalue weighted by atomic mass is 32.2. The van der Waals surface area contributed by atoms with Crippen LogP contribution in [0.3, 0.4) is 0 Å². The summed E-state index contributed by atoms with van der Waals surface area (Å²) >= 11 is 1.55. The van der Waals surface area contributed by atoms with E-state index in [0.717, 1.165) is 16.3 Å². The molecule has 2 aliphatic rings. The fourth-order valence-electron chi connectivity index (χ4n) is 5.71. The molecule has 3 heterocycles. The molecule has 3 aromatic rings. The van der Waals surface area contributed by atoms with Crippen molar-refractivity contribution in [1.82, 2.24) is 14.6 Å². The zero-order chi connectivity index (χ0) is 33.7. The van der Waals surface area contributed by atoms with Gasteiger partial charge in [-0.2, -0.15) is 4.31 Å². The van der Waals surface area contributed by atoms with Crippen molar-refractivity contribution in [1.29, 1.82) is 0 Å². The number of carbonyl (C=O) groups is 1. The molecule has 0 spiro atoms. The smallest absolute Gasteiger partial charge is 0.407 e. The minimum absolute atomic E-state index is 0.00235. The van der Waals surface area contributed by atoms with Crippen LogP contribution in [-0.4, -0.2) is 84.9 Å². The normalized spacial score (nSPS) is 20.7. The zero-order valence-electron chi connectivity index (χ0n) is 27.0. The monoisotopic (exact) mass is 689 g/mol. The summed E-state index contributed by atoms with van der Waals surface area (Å²) in [5.74, 6) is 0.498. The van der Waals surface area contributed by atoms with Crippen LogP contribution in [0.25, 0.3) is 0 Å². The van der Waals surface area contributed by atoms with Crippen molar-refractivity contribution in [2.24, 2.45) is 11.8 Å². The molecule has 2 fully saturated rings. The van der Waals surface area contributed by atoms with E-state index in [4.69, 9.17) is 18.9 Å². The number of phenols is 1. The van der Waals surface area contributed by atoms with Crippen molar-refractivity contribution < 1.29 is 42.4 Å². The van der Waals surface area contributed by atoms with Crippen LogP contribution < -0.4 is 10.1 Å². The number of hydrogen-bond donors (Lipinski definition) is 3. The predicted molar refractivity (Wildman–Crippen MR) is 175 cm³/mol. The number of benzene rings is 2. The van der Waals surface area contributed by atoms with Crippen LogP contribution in [-0.2, 0) is 37.3 Å². The molecule has 1 amide bonds. The number of nitrogens with one attached hydrogen (secondary N) is 1. The molecule has 0 bridgehead atoms. The Morgan fingerprint density at radius 3 is 2.60 bits per heavy atom. The van der Waals surface area contributed by atoms with Crippen LogP contribution in [0.5, 0.6) is 11.5 Å². The Hall–Kier alpha value is -3.27. The fourth-order valence-corrected chi connectivity index (χ4v) is 8.02. The topological polar surface area (TPSA) is 157 Å². The van der Waals surface area contributed by atoms with Gasteiger partial charge >= 0.3 is 6.09 Å². The molecular formula is C33H43N3O9S2. The summed E-state index contributed by atoms with van der Waals surface area (Å²) in [6, 6.07) is 10.4. The Labute approximate surface area is 279 Å². The highest BCUT2D eigenvalue weighted by Gasteiger charge is 2.44. The maximum atomic E-state index is 13.8. The van der Waals surface area contributed by atoms with Crippen LogP contribution in [0.2, 0.25) is 0 Å². The number of alkyl carbamates (subject to hydrolysis) is 1. The first kappa shape index (κ1) is 35.0. The van der Waals surface area contributed by atoms with Crippen LogP contribution in [0.15, 0.2) is 52.7 Å². The quantitative estimate of drug-likeness (QED) is 0.225. The standard InChI is InChI=1S/C33H43N3O9S2/c1-20(2)15-36(47(40,41)26-9-10-29(37)21(3)13-26)16-30(38)28(35-33(39)45-31-18-44-32-27(31)11-12-42-32)14-23-5-7-25(8-6-23)43-17-24-19-46-22(4)34-24/h5-10,13,19-20,27-28,30-32,37-38H,11-12,14-18H2,1-4H3,(H,35,39)/t27-,28-,30+,31-,32+/m0/s1. The van der Waals surface area contributed by atoms with Gasteiger partial charge in [-0.1, -0.05) is 26.0 Å². The molecule has 2 saturated heterocycles. The van der Waals surface area contributed by atoms with E-state index in [9.17, 15) is 23.4 Å². The van der Waals surface area contributed by atoms with Gasteiger partial charge in [0.15, 0.2) is 6.29 Å². The molecule has 5 rings (SSSR count). The summed E-state index contributed by atoms with van der Waals surface area (Å²) in [5.41, 5.74) is 2.04. The number of phenolic OH excluding ortho intramolecular Hbond substituents is 1. The van der Waals surface area contributed by atoms with Gasteiger partial charge in [0.2, 0.25) is 10.0 Å². The number of sulfonamides is 1. The van der Waals surface area contributed by atoms with E-state index >= 15 is 0 Å². The van der Waals surface area contributed by atoms with Crippen LogP contribution in [0, 0.1) is 25.7 Å². The number of aryl methyl sites for hydroxylation is 2. The maximum Gasteiger partial charge on any atom is 0.407 e. The number of aliphatic hydroxyl groups is 1. The molecule has 47 heavy (non-hydrogen) atoms. The van der Waals surface area contributed by atoms with Crippen molar-refractivity contribution in [3.8, 4) is 11.5 Å². The van der Waals surface area contributed by atoms with E-state index in [-0.39, 0.29) is 48.6 Å². The van der Waals surface area contributed by atoms with Gasteiger partial charge < -0.3 is 34.5 Å². The van der Waals surface area contributed by atoms with E-state index in [1.165, 1.54) is 22.5 Å². The van der Waals surface area contributed by atoms with Gasteiger partial charge in [0.25, 0.3) is 0 Å². The van der Waals surface area contributed by atoms with E-state index in [0.29, 0.717) is 30.9 Å². The Morgan fingerprint density at radius 2 is 1.91 bits per heavy atom. The zero-order valence-corrected chi connectivity index (χ0v) is 28.6. The van der Waals surface area contributed by atoms with Gasteiger partial charge in [0.05, 0.1) is 46.9 Å². The minimum atomic E-state index is -4.06. The first-order valence-corrected chi connectivity index (χ1v) is 18.0. The van der Waals surface area contributed by atoms with Crippen LogP contribution in [0.1, 0.15) is 42.1 Å². The molecular weight excluding hydrogens is 647 g/mol. The highest BCUT2D eigenvalue weighted by Crippen LogP contribution is 2.33. The summed E-state index contributed by atoms with van der Waals surface area (Å²) in [6.45, 7) is 8.23. The number of ether oxygens (including phenoxy) is 4. The number of aromatic hydroxyl groups is 1. The second kappa shape index (κ2) is 15.3. The number of thiazole rings is 1. The van der Waals surface area contributed by atoms with Crippen LogP contribution in [0.4, 0.5) is 4.79 Å². The molecule has 12 nitrogen and oxygen atoms in total. The van der Waals surface area contributed by atoms with Crippen molar-refractivity contribution in [2.45, 2.75) is 76.6 Å². The molecule has 0 saturated carbocycles. The Morgan fingerprint density at radius 1 is 1.15 bits per heavy atom.